The number of hydrogen-bond acceptors (Lipinski definition) is 4. The number of hydrogen-bond donors (Lipinski definition) is 2. The zero-order chi connectivity index (χ0) is 12.8. The van der Waals surface area contributed by atoms with Crippen LogP contribution in [0.25, 0.3) is 0 Å². The number of esters is 1. The van der Waals surface area contributed by atoms with Crippen LogP contribution >= 0.6 is 0 Å². The molecule has 1 rings (SSSR count). The summed E-state index contributed by atoms with van der Waals surface area (Å²) in [5.74, 6) is -0.729. The minimum Gasteiger partial charge on any atom is -0.467 e. The minimum absolute atomic E-state index is 0.268. The lowest BCUT2D eigenvalue weighted by Crippen LogP contribution is -2.41. The van der Waals surface area contributed by atoms with Crippen LogP contribution in [0.5, 0.6) is 0 Å². The van der Waals surface area contributed by atoms with Crippen LogP contribution < -0.4 is 11.1 Å². The zero-order valence-corrected chi connectivity index (χ0v) is 9.90. The summed E-state index contributed by atoms with van der Waals surface area (Å²) in [7, 11) is 1.29. The van der Waals surface area contributed by atoms with Crippen molar-refractivity contribution in [2.24, 2.45) is 0 Å². The summed E-state index contributed by atoms with van der Waals surface area (Å²) >= 11 is 0. The summed E-state index contributed by atoms with van der Waals surface area (Å²) in [5, 5.41) is 2.55. The van der Waals surface area contributed by atoms with E-state index in [0.29, 0.717) is 12.1 Å². The van der Waals surface area contributed by atoms with Gasteiger partial charge in [0.15, 0.2) is 0 Å². The van der Waals surface area contributed by atoms with E-state index in [9.17, 15) is 9.59 Å². The third-order valence-corrected chi connectivity index (χ3v) is 2.28. The monoisotopic (exact) mass is 236 g/mol. The molecule has 0 aliphatic heterocycles. The lowest BCUT2D eigenvalue weighted by atomic mass is 10.1. The molecule has 17 heavy (non-hydrogen) atoms. The molecule has 3 N–H and O–H groups in total. The SMILES string of the molecule is COC(=O)[C@@H](Cc1ccc(N)cc1)NC(C)=O. The van der Waals surface area contributed by atoms with E-state index >= 15 is 0 Å². The smallest absolute Gasteiger partial charge is 0.328 e. The second-order valence-corrected chi connectivity index (χ2v) is 3.72. The van der Waals surface area contributed by atoms with Gasteiger partial charge in [-0.3, -0.25) is 4.79 Å². The summed E-state index contributed by atoms with van der Waals surface area (Å²) in [6.07, 6.45) is 0.381. The molecule has 1 aromatic rings. The maximum Gasteiger partial charge on any atom is 0.328 e. The van der Waals surface area contributed by atoms with E-state index in [0.717, 1.165) is 5.56 Å². The summed E-state index contributed by atoms with van der Waals surface area (Å²) in [6.45, 7) is 1.36. The van der Waals surface area contributed by atoms with Crippen molar-refractivity contribution in [3.8, 4) is 0 Å². The minimum atomic E-state index is -0.666. The first-order valence-corrected chi connectivity index (χ1v) is 5.22. The molecule has 0 radical (unpaired) electrons. The number of nitrogens with two attached hydrogens (primary N) is 1. The molecule has 0 fully saturated rings. The molecule has 0 aliphatic rings. The van der Waals surface area contributed by atoms with Crippen molar-refractivity contribution in [2.45, 2.75) is 19.4 Å². The number of carbonyl (C=O) groups is 2. The predicted octanol–water partition coefficient (Wildman–Crippen LogP) is 0.489. The summed E-state index contributed by atoms with van der Waals surface area (Å²) in [5.41, 5.74) is 7.12. The fourth-order valence-corrected chi connectivity index (χ4v) is 1.47. The van der Waals surface area contributed by atoms with E-state index in [1.807, 2.05) is 12.1 Å². The highest BCUT2D eigenvalue weighted by molar-refractivity contribution is 5.83. The first-order chi connectivity index (χ1) is 8.02. The molecule has 0 aliphatic carbocycles. The lowest BCUT2D eigenvalue weighted by Gasteiger charge is -2.15. The average Bonchev–Trinajstić information content (AvgIpc) is 2.29. The van der Waals surface area contributed by atoms with Gasteiger partial charge in [-0.1, -0.05) is 12.1 Å². The second-order valence-electron chi connectivity index (χ2n) is 3.72. The Balaban J connectivity index is 2.75. The first kappa shape index (κ1) is 13.0. The maximum atomic E-state index is 11.5. The Bertz CT molecular complexity index is 401. The second kappa shape index (κ2) is 5.89. The van der Waals surface area contributed by atoms with Crippen molar-refractivity contribution in [2.75, 3.05) is 12.8 Å². The van der Waals surface area contributed by atoms with Gasteiger partial charge in [0.25, 0.3) is 0 Å². The van der Waals surface area contributed by atoms with E-state index in [-0.39, 0.29) is 5.91 Å². The highest BCUT2D eigenvalue weighted by Crippen LogP contribution is 2.08. The van der Waals surface area contributed by atoms with Gasteiger partial charge in [-0.25, -0.2) is 4.79 Å². The summed E-state index contributed by atoms with van der Waals surface area (Å²) in [6, 6.07) is 6.45. The van der Waals surface area contributed by atoms with Crippen LogP contribution in [-0.2, 0) is 20.7 Å². The van der Waals surface area contributed by atoms with E-state index in [2.05, 4.69) is 10.1 Å². The normalized spacial score (nSPS) is 11.6. The standard InChI is InChI=1S/C12H16N2O3/c1-8(15)14-11(12(16)17-2)7-9-3-5-10(13)6-4-9/h3-6,11H,7,13H2,1-2H3,(H,14,15)/t11-/m1/s1. The highest BCUT2D eigenvalue weighted by atomic mass is 16.5. The lowest BCUT2D eigenvalue weighted by molar-refractivity contribution is -0.144. The molecule has 5 nitrogen and oxygen atoms in total. The number of nitrogens with one attached hydrogen (secondary N) is 1. The third kappa shape index (κ3) is 4.14. The summed E-state index contributed by atoms with van der Waals surface area (Å²) in [4.78, 5) is 22.4. The zero-order valence-electron chi connectivity index (χ0n) is 9.90. The van der Waals surface area contributed by atoms with Crippen LogP contribution in [0.15, 0.2) is 24.3 Å². The van der Waals surface area contributed by atoms with Crippen LogP contribution in [-0.4, -0.2) is 25.0 Å². The van der Waals surface area contributed by atoms with E-state index in [1.165, 1.54) is 14.0 Å². The molecule has 1 aromatic carbocycles. The molecule has 0 spiro atoms. The van der Waals surface area contributed by atoms with Crippen molar-refractivity contribution in [3.63, 3.8) is 0 Å². The number of methoxy groups -OCH3 is 1. The number of carbonyl (C=O) groups excluding carboxylic acids is 2. The Morgan fingerprint density at radius 2 is 1.94 bits per heavy atom. The van der Waals surface area contributed by atoms with Crippen LogP contribution in [0.3, 0.4) is 0 Å². The third-order valence-electron chi connectivity index (χ3n) is 2.28. The van der Waals surface area contributed by atoms with Gasteiger partial charge in [0, 0.05) is 19.0 Å². The van der Waals surface area contributed by atoms with Gasteiger partial charge >= 0.3 is 5.97 Å². The molecule has 5 heteroatoms. The number of anilines is 1. The van der Waals surface area contributed by atoms with Gasteiger partial charge in [0.2, 0.25) is 5.91 Å². The van der Waals surface area contributed by atoms with E-state index < -0.39 is 12.0 Å². The quantitative estimate of drug-likeness (QED) is 0.589. The highest BCUT2D eigenvalue weighted by Gasteiger charge is 2.20. The molecule has 0 unspecified atom stereocenters. The molecule has 0 saturated carbocycles. The van der Waals surface area contributed by atoms with Crippen molar-refractivity contribution >= 4 is 17.6 Å². The Kier molecular flexibility index (Phi) is 4.51. The Labute approximate surface area is 99.9 Å². The van der Waals surface area contributed by atoms with Crippen molar-refractivity contribution in [1.82, 2.24) is 5.32 Å². The topological polar surface area (TPSA) is 81.4 Å². The van der Waals surface area contributed by atoms with Gasteiger partial charge in [-0.05, 0) is 17.7 Å². The fourth-order valence-electron chi connectivity index (χ4n) is 1.47. The Hall–Kier alpha value is -2.04. The van der Waals surface area contributed by atoms with Gasteiger partial charge in [0.05, 0.1) is 7.11 Å². The average molecular weight is 236 g/mol. The molecule has 0 saturated heterocycles. The predicted molar refractivity (Wildman–Crippen MR) is 64.2 cm³/mol. The molecule has 1 atom stereocenters. The number of rotatable bonds is 4. The number of amides is 1. The van der Waals surface area contributed by atoms with Gasteiger partial charge in [-0.2, -0.15) is 0 Å². The number of ether oxygens (including phenoxy) is 1. The molecule has 0 bridgehead atoms. The first-order valence-electron chi connectivity index (χ1n) is 5.22. The molecular formula is C12H16N2O3. The van der Waals surface area contributed by atoms with Crippen molar-refractivity contribution in [1.29, 1.82) is 0 Å². The van der Waals surface area contributed by atoms with E-state index in [4.69, 9.17) is 5.73 Å². The molecular weight excluding hydrogens is 220 g/mol. The van der Waals surface area contributed by atoms with Crippen molar-refractivity contribution in [3.05, 3.63) is 29.8 Å². The maximum absolute atomic E-state index is 11.5. The fraction of sp³-hybridized carbons (Fsp3) is 0.333. The Morgan fingerprint density at radius 3 is 2.41 bits per heavy atom. The Morgan fingerprint density at radius 1 is 1.35 bits per heavy atom. The largest absolute Gasteiger partial charge is 0.467 e. The van der Waals surface area contributed by atoms with E-state index in [1.54, 1.807) is 12.1 Å². The molecule has 92 valence electrons. The van der Waals surface area contributed by atoms with Crippen LogP contribution in [0.1, 0.15) is 12.5 Å². The molecule has 1 amide bonds. The molecule has 0 aromatic heterocycles. The molecule has 0 heterocycles. The van der Waals surface area contributed by atoms with Gasteiger partial charge in [0.1, 0.15) is 6.04 Å². The van der Waals surface area contributed by atoms with Gasteiger partial charge < -0.3 is 15.8 Å². The number of nitrogen functional groups attached to an aromatic ring is 1. The van der Waals surface area contributed by atoms with Crippen molar-refractivity contribution < 1.29 is 14.3 Å². The van der Waals surface area contributed by atoms with Gasteiger partial charge in [-0.15, -0.1) is 0 Å². The van der Waals surface area contributed by atoms with Crippen LogP contribution in [0, 0.1) is 0 Å². The van der Waals surface area contributed by atoms with Crippen LogP contribution in [0.2, 0.25) is 0 Å². The number of benzene rings is 1. The van der Waals surface area contributed by atoms with Crippen LogP contribution in [0.4, 0.5) is 5.69 Å². The summed E-state index contributed by atoms with van der Waals surface area (Å²) < 4.78 is 4.63.